The Morgan fingerprint density at radius 1 is 1.89 bits per heavy atom. The van der Waals surface area contributed by atoms with E-state index in [-0.39, 0.29) is 18.6 Å². The summed E-state index contributed by atoms with van der Waals surface area (Å²) in [7, 11) is 3.00. The highest BCUT2D eigenvalue weighted by atomic mass is 16.5. The standard InChI is InChI=1S/C5H12N2O2/c1-7-4(3-6)5(8)9-2/h4,7H,3,6H2,1-2H3/t4-/m1/s1. The molecule has 1 atom stereocenters. The molecule has 0 unspecified atom stereocenters. The molecule has 0 heterocycles. The van der Waals surface area contributed by atoms with Crippen molar-refractivity contribution in [1.82, 2.24) is 5.32 Å². The van der Waals surface area contributed by atoms with E-state index in [9.17, 15) is 4.79 Å². The second kappa shape index (κ2) is 4.29. The summed E-state index contributed by atoms with van der Waals surface area (Å²) in [6.07, 6.45) is 0. The lowest BCUT2D eigenvalue weighted by molar-refractivity contribution is -0.142. The van der Waals surface area contributed by atoms with E-state index in [1.807, 2.05) is 0 Å². The van der Waals surface area contributed by atoms with Gasteiger partial charge in [0.1, 0.15) is 6.04 Å². The number of likely N-dealkylation sites (N-methyl/N-ethyl adjacent to an activating group) is 1. The fourth-order valence-electron chi connectivity index (χ4n) is 0.474. The van der Waals surface area contributed by atoms with E-state index < -0.39 is 0 Å². The van der Waals surface area contributed by atoms with Crippen LogP contribution < -0.4 is 11.1 Å². The van der Waals surface area contributed by atoms with Gasteiger partial charge in [-0.1, -0.05) is 0 Å². The molecule has 0 saturated heterocycles. The van der Waals surface area contributed by atoms with Crippen LogP contribution in [0.5, 0.6) is 0 Å². The Morgan fingerprint density at radius 3 is 2.56 bits per heavy atom. The number of ether oxygens (including phenoxy) is 1. The van der Waals surface area contributed by atoms with Crippen molar-refractivity contribution in [3.05, 3.63) is 0 Å². The van der Waals surface area contributed by atoms with Gasteiger partial charge in [0, 0.05) is 6.54 Å². The molecule has 0 aromatic heterocycles. The number of nitrogens with one attached hydrogen (secondary N) is 1. The molecular weight excluding hydrogens is 120 g/mol. The Morgan fingerprint density at radius 2 is 2.44 bits per heavy atom. The van der Waals surface area contributed by atoms with E-state index in [0.29, 0.717) is 0 Å². The zero-order valence-corrected chi connectivity index (χ0v) is 5.68. The number of hydrogen-bond acceptors (Lipinski definition) is 4. The Balaban J connectivity index is 3.64. The maximum Gasteiger partial charge on any atom is 0.324 e. The van der Waals surface area contributed by atoms with Gasteiger partial charge in [-0.15, -0.1) is 0 Å². The Labute approximate surface area is 54.4 Å². The van der Waals surface area contributed by atoms with Crippen molar-refractivity contribution in [3.8, 4) is 0 Å². The summed E-state index contributed by atoms with van der Waals surface area (Å²) in [6, 6.07) is -0.366. The highest BCUT2D eigenvalue weighted by Gasteiger charge is 2.12. The van der Waals surface area contributed by atoms with Crippen LogP contribution in [0.25, 0.3) is 0 Å². The van der Waals surface area contributed by atoms with Crippen LogP contribution >= 0.6 is 0 Å². The zero-order valence-electron chi connectivity index (χ0n) is 5.68. The predicted octanol–water partition coefficient (Wildman–Crippen LogP) is -1.29. The first kappa shape index (κ1) is 8.39. The lowest BCUT2D eigenvalue weighted by Crippen LogP contribution is -2.41. The molecule has 4 heteroatoms. The summed E-state index contributed by atoms with van der Waals surface area (Å²) < 4.78 is 4.41. The van der Waals surface area contributed by atoms with Crippen molar-refractivity contribution >= 4 is 5.97 Å². The van der Waals surface area contributed by atoms with Gasteiger partial charge >= 0.3 is 5.97 Å². The summed E-state index contributed by atoms with van der Waals surface area (Å²) >= 11 is 0. The number of nitrogens with two attached hydrogens (primary N) is 1. The minimum Gasteiger partial charge on any atom is -0.468 e. The average molecular weight is 132 g/mol. The van der Waals surface area contributed by atoms with Crippen molar-refractivity contribution in [2.75, 3.05) is 20.7 Å². The lowest BCUT2D eigenvalue weighted by atomic mass is 10.3. The molecule has 0 radical (unpaired) electrons. The first-order chi connectivity index (χ1) is 4.26. The van der Waals surface area contributed by atoms with Crippen LogP contribution in [0.1, 0.15) is 0 Å². The molecule has 0 amide bonds. The number of hydrogen-bond donors (Lipinski definition) is 2. The lowest BCUT2D eigenvalue weighted by Gasteiger charge is -2.09. The third kappa shape index (κ3) is 2.43. The van der Waals surface area contributed by atoms with Crippen molar-refractivity contribution in [1.29, 1.82) is 0 Å². The van der Waals surface area contributed by atoms with Gasteiger partial charge in [0.2, 0.25) is 0 Å². The van der Waals surface area contributed by atoms with Crippen LogP contribution in [-0.4, -0.2) is 32.7 Å². The van der Waals surface area contributed by atoms with Gasteiger partial charge in [0.25, 0.3) is 0 Å². The highest BCUT2D eigenvalue weighted by molar-refractivity contribution is 5.75. The van der Waals surface area contributed by atoms with E-state index in [1.165, 1.54) is 7.11 Å². The van der Waals surface area contributed by atoms with Crippen LogP contribution in [0.15, 0.2) is 0 Å². The molecule has 0 aromatic rings. The molecule has 0 aliphatic rings. The minimum absolute atomic E-state index is 0.267. The van der Waals surface area contributed by atoms with E-state index >= 15 is 0 Å². The van der Waals surface area contributed by atoms with Gasteiger partial charge in [-0.3, -0.25) is 4.79 Å². The highest BCUT2D eigenvalue weighted by Crippen LogP contribution is 1.81. The molecule has 0 aliphatic carbocycles. The molecule has 0 bridgehead atoms. The van der Waals surface area contributed by atoms with E-state index in [2.05, 4.69) is 10.1 Å². The van der Waals surface area contributed by atoms with Crippen LogP contribution in [-0.2, 0) is 9.53 Å². The summed E-state index contributed by atoms with van der Waals surface area (Å²) in [5.74, 6) is -0.319. The second-order valence-electron chi connectivity index (χ2n) is 1.60. The normalized spacial score (nSPS) is 12.8. The summed E-state index contributed by atoms with van der Waals surface area (Å²) in [5, 5.41) is 2.70. The summed E-state index contributed by atoms with van der Waals surface area (Å²) in [6.45, 7) is 0.267. The summed E-state index contributed by atoms with van der Waals surface area (Å²) in [4.78, 5) is 10.6. The first-order valence-electron chi connectivity index (χ1n) is 2.71. The molecule has 0 rings (SSSR count). The molecule has 4 nitrogen and oxygen atoms in total. The monoisotopic (exact) mass is 132 g/mol. The van der Waals surface area contributed by atoms with E-state index in [1.54, 1.807) is 7.05 Å². The van der Waals surface area contributed by atoms with Crippen molar-refractivity contribution in [2.45, 2.75) is 6.04 Å². The minimum atomic E-state index is -0.366. The zero-order chi connectivity index (χ0) is 7.28. The third-order valence-corrected chi connectivity index (χ3v) is 1.07. The molecule has 0 spiro atoms. The number of carbonyl (C=O) groups is 1. The Bertz CT molecular complexity index is 91.0. The van der Waals surface area contributed by atoms with Gasteiger partial charge in [0.05, 0.1) is 7.11 Å². The summed E-state index contributed by atoms with van der Waals surface area (Å²) in [5.41, 5.74) is 5.20. The molecule has 9 heavy (non-hydrogen) atoms. The molecule has 0 aliphatic heterocycles. The fourth-order valence-corrected chi connectivity index (χ4v) is 0.474. The van der Waals surface area contributed by atoms with Crippen LogP contribution in [0.2, 0.25) is 0 Å². The van der Waals surface area contributed by atoms with Crippen molar-refractivity contribution in [2.24, 2.45) is 5.73 Å². The smallest absolute Gasteiger partial charge is 0.324 e. The maximum absolute atomic E-state index is 10.6. The largest absolute Gasteiger partial charge is 0.468 e. The van der Waals surface area contributed by atoms with E-state index in [4.69, 9.17) is 5.73 Å². The molecule has 0 aromatic carbocycles. The molecule has 0 saturated carbocycles. The first-order valence-corrected chi connectivity index (χ1v) is 2.71. The van der Waals surface area contributed by atoms with Gasteiger partial charge < -0.3 is 15.8 Å². The van der Waals surface area contributed by atoms with Gasteiger partial charge in [-0.05, 0) is 7.05 Å². The maximum atomic E-state index is 10.6. The number of rotatable bonds is 3. The number of methoxy groups -OCH3 is 1. The molecule has 0 fully saturated rings. The second-order valence-corrected chi connectivity index (χ2v) is 1.60. The van der Waals surface area contributed by atoms with Crippen molar-refractivity contribution < 1.29 is 9.53 Å². The molecule has 54 valence electrons. The predicted molar refractivity (Wildman–Crippen MR) is 33.9 cm³/mol. The van der Waals surface area contributed by atoms with Crippen LogP contribution in [0.3, 0.4) is 0 Å². The Hall–Kier alpha value is -0.610. The van der Waals surface area contributed by atoms with Crippen LogP contribution in [0, 0.1) is 0 Å². The Kier molecular flexibility index (Phi) is 4.00. The van der Waals surface area contributed by atoms with Crippen molar-refractivity contribution in [3.63, 3.8) is 0 Å². The van der Waals surface area contributed by atoms with Gasteiger partial charge in [0.15, 0.2) is 0 Å². The van der Waals surface area contributed by atoms with Gasteiger partial charge in [-0.25, -0.2) is 0 Å². The average Bonchev–Trinajstić information content (AvgIpc) is 1.90. The number of esters is 1. The topological polar surface area (TPSA) is 64.3 Å². The number of carbonyl (C=O) groups excluding carboxylic acids is 1. The fraction of sp³-hybridized carbons (Fsp3) is 0.800. The SMILES string of the molecule is CN[C@H](CN)C(=O)OC. The van der Waals surface area contributed by atoms with Crippen LogP contribution in [0.4, 0.5) is 0 Å². The molecule has 3 N–H and O–H groups in total. The van der Waals surface area contributed by atoms with Gasteiger partial charge in [-0.2, -0.15) is 0 Å². The quantitative estimate of drug-likeness (QED) is 0.469. The third-order valence-electron chi connectivity index (χ3n) is 1.07. The van der Waals surface area contributed by atoms with E-state index in [0.717, 1.165) is 0 Å². The molecular formula is C5H12N2O2.